The van der Waals surface area contributed by atoms with Crippen molar-refractivity contribution in [3.63, 3.8) is 0 Å². The molecular formula is C13H23N3. The van der Waals surface area contributed by atoms with Crippen molar-refractivity contribution in [1.29, 1.82) is 0 Å². The van der Waals surface area contributed by atoms with Gasteiger partial charge in [0.15, 0.2) is 0 Å². The van der Waals surface area contributed by atoms with Crippen molar-refractivity contribution in [3.05, 3.63) is 18.2 Å². The molecule has 1 aromatic heterocycles. The monoisotopic (exact) mass is 221 g/mol. The highest BCUT2D eigenvalue weighted by Gasteiger charge is 2.22. The predicted octanol–water partition coefficient (Wildman–Crippen LogP) is 2.08. The molecule has 0 N–H and O–H groups in total. The highest BCUT2D eigenvalue weighted by Crippen LogP contribution is 2.21. The van der Waals surface area contributed by atoms with Crippen molar-refractivity contribution in [2.75, 3.05) is 13.1 Å². The lowest BCUT2D eigenvalue weighted by Gasteiger charge is -2.35. The highest BCUT2D eigenvalue weighted by molar-refractivity contribution is 4.94. The summed E-state index contributed by atoms with van der Waals surface area (Å²) >= 11 is 0. The van der Waals surface area contributed by atoms with E-state index in [9.17, 15) is 0 Å². The maximum atomic E-state index is 4.42. The van der Waals surface area contributed by atoms with Gasteiger partial charge in [0.1, 0.15) is 5.82 Å². The van der Waals surface area contributed by atoms with E-state index in [0.29, 0.717) is 6.04 Å². The highest BCUT2D eigenvalue weighted by atomic mass is 15.2. The third-order valence-electron chi connectivity index (χ3n) is 3.67. The first-order valence-corrected chi connectivity index (χ1v) is 6.37. The van der Waals surface area contributed by atoms with Gasteiger partial charge in [0.05, 0.1) is 0 Å². The molecule has 1 aliphatic rings. The number of hydrogen-bond donors (Lipinski definition) is 0. The second-order valence-electron chi connectivity index (χ2n) is 5.26. The van der Waals surface area contributed by atoms with E-state index >= 15 is 0 Å². The molecule has 16 heavy (non-hydrogen) atoms. The number of piperidine rings is 1. The van der Waals surface area contributed by atoms with Crippen LogP contribution in [0.2, 0.25) is 0 Å². The fraction of sp³-hybridized carbons (Fsp3) is 0.769. The zero-order chi connectivity index (χ0) is 11.5. The zero-order valence-electron chi connectivity index (χ0n) is 10.7. The standard InChI is InChI=1S/C13H23N3/c1-11(2)16-7-4-5-12(10-16)9-13-14-6-8-15(13)3/h6,8,11-12H,4-5,7,9-10H2,1-3H3/t12-/m1/s1. The molecule has 1 aliphatic heterocycles. The van der Waals surface area contributed by atoms with Crippen LogP contribution in [0.4, 0.5) is 0 Å². The molecule has 1 atom stereocenters. The molecule has 0 radical (unpaired) electrons. The minimum Gasteiger partial charge on any atom is -0.338 e. The second kappa shape index (κ2) is 5.00. The molecule has 0 bridgehead atoms. The van der Waals surface area contributed by atoms with Crippen LogP contribution in [-0.2, 0) is 13.5 Å². The lowest BCUT2D eigenvalue weighted by atomic mass is 9.93. The van der Waals surface area contributed by atoms with Crippen molar-refractivity contribution in [2.45, 2.75) is 39.2 Å². The Bertz CT molecular complexity index is 330. The molecule has 90 valence electrons. The maximum Gasteiger partial charge on any atom is 0.108 e. The smallest absolute Gasteiger partial charge is 0.108 e. The maximum absolute atomic E-state index is 4.42. The van der Waals surface area contributed by atoms with Gasteiger partial charge in [0.2, 0.25) is 0 Å². The Kier molecular flexibility index (Phi) is 3.64. The molecule has 0 aromatic carbocycles. The van der Waals surface area contributed by atoms with Crippen LogP contribution in [0, 0.1) is 5.92 Å². The van der Waals surface area contributed by atoms with Crippen LogP contribution in [-0.4, -0.2) is 33.6 Å². The third kappa shape index (κ3) is 2.64. The molecule has 1 saturated heterocycles. The van der Waals surface area contributed by atoms with Crippen molar-refractivity contribution >= 4 is 0 Å². The van der Waals surface area contributed by atoms with E-state index in [1.54, 1.807) is 0 Å². The summed E-state index contributed by atoms with van der Waals surface area (Å²) in [5.74, 6) is 2.02. The summed E-state index contributed by atoms with van der Waals surface area (Å²) in [6.45, 7) is 7.10. The van der Waals surface area contributed by atoms with Crippen molar-refractivity contribution in [1.82, 2.24) is 14.5 Å². The average Bonchev–Trinajstić information content (AvgIpc) is 2.65. The molecule has 3 heteroatoms. The zero-order valence-corrected chi connectivity index (χ0v) is 10.7. The summed E-state index contributed by atoms with van der Waals surface area (Å²) in [6, 6.07) is 0.684. The van der Waals surface area contributed by atoms with Gasteiger partial charge in [-0.05, 0) is 39.2 Å². The van der Waals surface area contributed by atoms with Crippen LogP contribution in [0.25, 0.3) is 0 Å². The van der Waals surface area contributed by atoms with Gasteiger partial charge in [-0.3, -0.25) is 0 Å². The van der Waals surface area contributed by atoms with E-state index in [-0.39, 0.29) is 0 Å². The quantitative estimate of drug-likeness (QED) is 0.779. The molecule has 2 heterocycles. The van der Waals surface area contributed by atoms with Gasteiger partial charge in [0, 0.05) is 38.4 Å². The molecule has 0 spiro atoms. The second-order valence-corrected chi connectivity index (χ2v) is 5.26. The van der Waals surface area contributed by atoms with Crippen LogP contribution in [0.1, 0.15) is 32.5 Å². The number of rotatable bonds is 3. The van der Waals surface area contributed by atoms with E-state index < -0.39 is 0 Å². The molecular weight excluding hydrogens is 198 g/mol. The van der Waals surface area contributed by atoms with Gasteiger partial charge in [-0.2, -0.15) is 0 Å². The van der Waals surface area contributed by atoms with E-state index in [2.05, 4.69) is 35.3 Å². The van der Waals surface area contributed by atoms with Crippen LogP contribution in [0.3, 0.4) is 0 Å². The summed E-state index contributed by atoms with van der Waals surface area (Å²) in [4.78, 5) is 7.02. The number of imidazole rings is 1. The lowest BCUT2D eigenvalue weighted by Crippen LogP contribution is -2.40. The summed E-state index contributed by atoms with van der Waals surface area (Å²) in [5.41, 5.74) is 0. The van der Waals surface area contributed by atoms with E-state index in [0.717, 1.165) is 12.3 Å². The molecule has 0 amide bonds. The first-order chi connectivity index (χ1) is 7.66. The number of hydrogen-bond acceptors (Lipinski definition) is 2. The molecule has 2 rings (SSSR count). The Morgan fingerprint density at radius 2 is 2.31 bits per heavy atom. The van der Waals surface area contributed by atoms with Crippen LogP contribution >= 0.6 is 0 Å². The van der Waals surface area contributed by atoms with Crippen molar-refractivity contribution in [2.24, 2.45) is 13.0 Å². The van der Waals surface area contributed by atoms with Crippen LogP contribution in [0.5, 0.6) is 0 Å². The first kappa shape index (κ1) is 11.6. The third-order valence-corrected chi connectivity index (χ3v) is 3.67. The Labute approximate surface area is 98.5 Å². The summed E-state index contributed by atoms with van der Waals surface area (Å²) in [7, 11) is 2.09. The van der Waals surface area contributed by atoms with Crippen molar-refractivity contribution in [3.8, 4) is 0 Å². The summed E-state index contributed by atoms with van der Waals surface area (Å²) in [5, 5.41) is 0. The van der Waals surface area contributed by atoms with E-state index in [1.807, 2.05) is 12.4 Å². The van der Waals surface area contributed by atoms with Gasteiger partial charge < -0.3 is 9.47 Å². The Hall–Kier alpha value is -0.830. The van der Waals surface area contributed by atoms with Gasteiger partial charge in [-0.1, -0.05) is 0 Å². The predicted molar refractivity (Wildman–Crippen MR) is 66.3 cm³/mol. The van der Waals surface area contributed by atoms with Gasteiger partial charge in [-0.15, -0.1) is 0 Å². The molecule has 1 fully saturated rings. The van der Waals surface area contributed by atoms with Gasteiger partial charge >= 0.3 is 0 Å². The Morgan fingerprint density at radius 1 is 1.50 bits per heavy atom. The average molecular weight is 221 g/mol. The fourth-order valence-electron chi connectivity index (χ4n) is 2.58. The minimum atomic E-state index is 0.684. The molecule has 0 aliphatic carbocycles. The minimum absolute atomic E-state index is 0.684. The topological polar surface area (TPSA) is 21.1 Å². The molecule has 3 nitrogen and oxygen atoms in total. The summed E-state index contributed by atoms with van der Waals surface area (Å²) < 4.78 is 2.15. The molecule has 1 aromatic rings. The first-order valence-electron chi connectivity index (χ1n) is 6.37. The lowest BCUT2D eigenvalue weighted by molar-refractivity contribution is 0.138. The van der Waals surface area contributed by atoms with Crippen LogP contribution < -0.4 is 0 Å². The summed E-state index contributed by atoms with van der Waals surface area (Å²) in [6.07, 6.45) is 7.77. The number of nitrogens with zero attached hydrogens (tertiary/aromatic N) is 3. The number of aromatic nitrogens is 2. The normalized spacial score (nSPS) is 22.9. The Balaban J connectivity index is 1.93. The van der Waals surface area contributed by atoms with E-state index in [4.69, 9.17) is 0 Å². The molecule has 0 unspecified atom stereocenters. The van der Waals surface area contributed by atoms with Gasteiger partial charge in [0.25, 0.3) is 0 Å². The fourth-order valence-corrected chi connectivity index (χ4v) is 2.58. The van der Waals surface area contributed by atoms with Gasteiger partial charge in [-0.25, -0.2) is 4.98 Å². The SMILES string of the molecule is CC(C)N1CCC[C@H](Cc2nccn2C)C1. The Morgan fingerprint density at radius 3 is 2.94 bits per heavy atom. The number of aryl methyl sites for hydroxylation is 1. The van der Waals surface area contributed by atoms with E-state index in [1.165, 1.54) is 31.8 Å². The van der Waals surface area contributed by atoms with Crippen LogP contribution in [0.15, 0.2) is 12.4 Å². The van der Waals surface area contributed by atoms with Crippen molar-refractivity contribution < 1.29 is 0 Å². The molecule has 0 saturated carbocycles. The largest absolute Gasteiger partial charge is 0.338 e. The number of likely N-dealkylation sites (tertiary alicyclic amines) is 1.